The average molecular weight is 774 g/mol. The second-order valence-electron chi connectivity index (χ2n) is 14.7. The summed E-state index contributed by atoms with van der Waals surface area (Å²) in [4.78, 5) is 15.7. The van der Waals surface area contributed by atoms with E-state index in [2.05, 4.69) is 170 Å². The van der Waals surface area contributed by atoms with Crippen LogP contribution in [0, 0.1) is 0 Å². The first-order chi connectivity index (χ1) is 28.7. The summed E-state index contributed by atoms with van der Waals surface area (Å²) in [7, 11) is 0. The van der Waals surface area contributed by atoms with Gasteiger partial charge in [-0.2, -0.15) is 0 Å². The van der Waals surface area contributed by atoms with E-state index in [1.165, 1.54) is 51.1 Å². The Morgan fingerprint density at radius 1 is 0.310 bits per heavy atom. The summed E-state index contributed by atoms with van der Waals surface area (Å²) < 4.78 is 5.12. The number of rotatable bonds is 5. The van der Waals surface area contributed by atoms with Crippen LogP contribution in [-0.2, 0) is 0 Å². The number of nitrogens with zero attached hydrogens (tertiary/aromatic N) is 3. The largest absolute Gasteiger partial charge is 0.247 e. The Bertz CT molecular complexity index is 3550. The fraction of sp³-hybridized carbons (Fsp3) is 0. The van der Waals surface area contributed by atoms with Gasteiger partial charge in [0, 0.05) is 78.8 Å². The van der Waals surface area contributed by atoms with Gasteiger partial charge in [-0.3, -0.25) is 0 Å². The van der Waals surface area contributed by atoms with E-state index < -0.39 is 0 Å². The van der Waals surface area contributed by atoms with Gasteiger partial charge in [0.15, 0.2) is 5.82 Å². The van der Waals surface area contributed by atoms with E-state index in [1.54, 1.807) is 0 Å². The van der Waals surface area contributed by atoms with E-state index >= 15 is 0 Å². The summed E-state index contributed by atoms with van der Waals surface area (Å²) in [6, 6.07) is 67.1. The SMILES string of the molecule is c1ccc(-c2nc(-c3ccc(-c4ccc5nc(-c6ccccc6)c6ccc7sc8ccccc8c7c6c5c4)cc3)cc(-c3cccc4sc5ccccc5c34)n2)cc1. The lowest BCUT2D eigenvalue weighted by molar-refractivity contribution is 1.19. The van der Waals surface area contributed by atoms with Crippen molar-refractivity contribution in [3.05, 3.63) is 188 Å². The lowest BCUT2D eigenvalue weighted by Gasteiger charge is -2.13. The maximum absolute atomic E-state index is 5.32. The molecule has 8 aromatic carbocycles. The van der Waals surface area contributed by atoms with Crippen LogP contribution in [-0.4, -0.2) is 15.0 Å². The molecule has 4 heterocycles. The lowest BCUT2D eigenvalue weighted by Crippen LogP contribution is -1.96. The molecule has 0 saturated heterocycles. The molecule has 270 valence electrons. The van der Waals surface area contributed by atoms with Crippen LogP contribution in [0.2, 0.25) is 0 Å². The Morgan fingerprint density at radius 2 is 0.914 bits per heavy atom. The van der Waals surface area contributed by atoms with Crippen LogP contribution in [0.1, 0.15) is 0 Å². The average Bonchev–Trinajstić information content (AvgIpc) is 3.88. The van der Waals surface area contributed by atoms with Crippen LogP contribution in [0.15, 0.2) is 188 Å². The van der Waals surface area contributed by atoms with Gasteiger partial charge in [0.05, 0.1) is 22.6 Å². The van der Waals surface area contributed by atoms with E-state index in [0.29, 0.717) is 5.82 Å². The highest BCUT2D eigenvalue weighted by atomic mass is 32.1. The number of hydrogen-bond donors (Lipinski definition) is 0. The minimum atomic E-state index is 0.713. The van der Waals surface area contributed by atoms with Gasteiger partial charge in [-0.25, -0.2) is 15.0 Å². The van der Waals surface area contributed by atoms with Crippen LogP contribution in [0.5, 0.6) is 0 Å². The second-order valence-corrected chi connectivity index (χ2v) is 16.9. The quantitative estimate of drug-likeness (QED) is 0.164. The Labute approximate surface area is 342 Å². The molecule has 12 aromatic rings. The van der Waals surface area contributed by atoms with Gasteiger partial charge in [-0.1, -0.05) is 146 Å². The molecule has 4 aromatic heterocycles. The molecule has 3 nitrogen and oxygen atoms in total. The molecule has 0 radical (unpaired) electrons. The first-order valence-electron chi connectivity index (χ1n) is 19.4. The molecule has 0 saturated carbocycles. The van der Waals surface area contributed by atoms with Gasteiger partial charge in [0.2, 0.25) is 0 Å². The molecule has 12 rings (SSSR count). The zero-order valence-electron chi connectivity index (χ0n) is 31.1. The fourth-order valence-electron chi connectivity index (χ4n) is 8.57. The topological polar surface area (TPSA) is 38.7 Å². The van der Waals surface area contributed by atoms with E-state index in [1.807, 2.05) is 40.9 Å². The summed E-state index contributed by atoms with van der Waals surface area (Å²) in [5, 5.41) is 8.67. The minimum Gasteiger partial charge on any atom is -0.247 e. The van der Waals surface area contributed by atoms with Crippen molar-refractivity contribution in [2.75, 3.05) is 0 Å². The zero-order chi connectivity index (χ0) is 38.2. The van der Waals surface area contributed by atoms with Crippen molar-refractivity contribution >= 4 is 84.7 Å². The summed E-state index contributed by atoms with van der Waals surface area (Å²) in [5.41, 5.74) is 10.4. The molecule has 0 fully saturated rings. The molecule has 0 atom stereocenters. The number of fused-ring (bicyclic) bond motifs is 10. The summed E-state index contributed by atoms with van der Waals surface area (Å²) in [6.45, 7) is 0. The monoisotopic (exact) mass is 773 g/mol. The molecule has 0 aliphatic heterocycles. The first-order valence-corrected chi connectivity index (χ1v) is 21.1. The summed E-state index contributed by atoms with van der Waals surface area (Å²) >= 11 is 3.68. The third kappa shape index (κ3) is 5.36. The molecular weight excluding hydrogens is 743 g/mol. The molecule has 0 bridgehead atoms. The van der Waals surface area contributed by atoms with Crippen molar-refractivity contribution in [2.45, 2.75) is 0 Å². The number of benzene rings is 8. The number of pyridine rings is 1. The number of hydrogen-bond acceptors (Lipinski definition) is 5. The molecule has 0 amide bonds. The van der Waals surface area contributed by atoms with Gasteiger partial charge in [0.25, 0.3) is 0 Å². The highest BCUT2D eigenvalue weighted by Crippen LogP contribution is 2.45. The number of aromatic nitrogens is 3. The molecule has 0 spiro atoms. The van der Waals surface area contributed by atoms with Crippen molar-refractivity contribution in [1.29, 1.82) is 0 Å². The molecule has 0 aliphatic rings. The molecule has 58 heavy (non-hydrogen) atoms. The van der Waals surface area contributed by atoms with E-state index in [-0.39, 0.29) is 0 Å². The molecule has 5 heteroatoms. The van der Waals surface area contributed by atoms with Gasteiger partial charge in [-0.15, -0.1) is 22.7 Å². The summed E-state index contributed by atoms with van der Waals surface area (Å²) in [5.74, 6) is 0.713. The van der Waals surface area contributed by atoms with Crippen molar-refractivity contribution < 1.29 is 0 Å². The molecule has 0 unspecified atom stereocenters. The Kier molecular flexibility index (Phi) is 7.58. The van der Waals surface area contributed by atoms with E-state index in [4.69, 9.17) is 15.0 Å². The summed E-state index contributed by atoms with van der Waals surface area (Å²) in [6.07, 6.45) is 0. The standard InChI is InChI=1S/C53H31N3S2/c1-3-12-34(13-4-1)52-40-27-29-48-51(39-17-8-10-20-46(39)58-48)50(40)41-30-36(26-28-42(41)54-52)32-22-24-33(25-23-32)43-31-44(56-53(55-43)35-14-5-2-6-15-35)37-18-11-21-47-49(37)38-16-7-9-19-45(38)57-47/h1-31H. The van der Waals surface area contributed by atoms with Gasteiger partial charge in [0.1, 0.15) is 0 Å². The second kappa shape index (κ2) is 13.3. The predicted molar refractivity (Wildman–Crippen MR) is 248 cm³/mol. The predicted octanol–water partition coefficient (Wildman–Crippen LogP) is 15.2. The smallest absolute Gasteiger partial charge is 0.160 e. The third-order valence-electron chi connectivity index (χ3n) is 11.3. The van der Waals surface area contributed by atoms with Crippen LogP contribution in [0.4, 0.5) is 0 Å². The Morgan fingerprint density at radius 3 is 1.67 bits per heavy atom. The third-order valence-corrected chi connectivity index (χ3v) is 13.6. The van der Waals surface area contributed by atoms with Gasteiger partial charge in [-0.05, 0) is 53.6 Å². The normalized spacial score (nSPS) is 11.8. The van der Waals surface area contributed by atoms with Crippen molar-refractivity contribution in [3.63, 3.8) is 0 Å². The maximum Gasteiger partial charge on any atom is 0.160 e. The first kappa shape index (κ1) is 33.1. The van der Waals surface area contributed by atoms with Gasteiger partial charge >= 0.3 is 0 Å². The van der Waals surface area contributed by atoms with E-state index in [0.717, 1.165) is 61.4 Å². The Hall–Kier alpha value is -7.05. The molecule has 0 aliphatic carbocycles. The number of thiophene rings is 2. The molecular formula is C53H31N3S2. The van der Waals surface area contributed by atoms with Crippen LogP contribution in [0.3, 0.4) is 0 Å². The van der Waals surface area contributed by atoms with Crippen LogP contribution < -0.4 is 0 Å². The fourth-order valence-corrected chi connectivity index (χ4v) is 10.8. The van der Waals surface area contributed by atoms with Crippen molar-refractivity contribution in [3.8, 4) is 56.3 Å². The highest BCUT2D eigenvalue weighted by molar-refractivity contribution is 7.26. The van der Waals surface area contributed by atoms with Gasteiger partial charge < -0.3 is 0 Å². The highest BCUT2D eigenvalue weighted by Gasteiger charge is 2.19. The zero-order valence-corrected chi connectivity index (χ0v) is 32.7. The maximum atomic E-state index is 5.32. The minimum absolute atomic E-state index is 0.713. The van der Waals surface area contributed by atoms with Crippen molar-refractivity contribution in [2.24, 2.45) is 0 Å². The molecule has 0 N–H and O–H groups in total. The van der Waals surface area contributed by atoms with Crippen LogP contribution in [0.25, 0.3) is 118 Å². The Balaban J connectivity index is 1.02. The lowest BCUT2D eigenvalue weighted by atomic mass is 9.94. The van der Waals surface area contributed by atoms with Crippen LogP contribution >= 0.6 is 22.7 Å². The van der Waals surface area contributed by atoms with Crippen molar-refractivity contribution in [1.82, 2.24) is 15.0 Å². The van der Waals surface area contributed by atoms with E-state index in [9.17, 15) is 0 Å².